The molecular weight excluding hydrogens is 331 g/mol. The number of anilines is 2. The lowest BCUT2D eigenvalue weighted by atomic mass is 10.2. The molecule has 0 saturated carbocycles. The van der Waals surface area contributed by atoms with Crippen molar-refractivity contribution in [2.75, 3.05) is 23.3 Å². The van der Waals surface area contributed by atoms with Crippen LogP contribution in [0.15, 0.2) is 48.8 Å². The largest absolute Gasteiger partial charge is 0.370 e. The summed E-state index contributed by atoms with van der Waals surface area (Å²) in [5.41, 5.74) is 2.95. The maximum absolute atomic E-state index is 14.3. The van der Waals surface area contributed by atoms with E-state index in [1.807, 2.05) is 34.9 Å². The molecule has 1 fully saturated rings. The average Bonchev–Trinajstić information content (AvgIpc) is 3.31. The van der Waals surface area contributed by atoms with E-state index in [4.69, 9.17) is 0 Å². The zero-order valence-electron chi connectivity index (χ0n) is 14.5. The number of aromatic nitrogens is 2. The van der Waals surface area contributed by atoms with Crippen molar-refractivity contribution in [1.82, 2.24) is 9.55 Å². The fourth-order valence-electron chi connectivity index (χ4n) is 3.47. The highest BCUT2D eigenvalue weighted by Gasteiger charge is 2.19. The van der Waals surface area contributed by atoms with Crippen molar-refractivity contribution in [1.29, 1.82) is 0 Å². The summed E-state index contributed by atoms with van der Waals surface area (Å²) in [5.74, 6) is -0.593. The first-order valence-electron chi connectivity index (χ1n) is 8.95. The molecule has 0 radical (unpaired) electrons. The number of hydrogen-bond acceptors (Lipinski definition) is 3. The van der Waals surface area contributed by atoms with Gasteiger partial charge < -0.3 is 14.8 Å². The minimum atomic E-state index is -0.393. The molecule has 5 nitrogen and oxygen atoms in total. The molecule has 134 valence electrons. The number of carbonyl (C=O) groups excluding carboxylic acids is 1. The van der Waals surface area contributed by atoms with Crippen LogP contribution in [0.1, 0.15) is 19.3 Å². The summed E-state index contributed by atoms with van der Waals surface area (Å²) in [6, 6.07) is 12.7. The van der Waals surface area contributed by atoms with E-state index in [9.17, 15) is 9.18 Å². The number of hydrogen-bond donors (Lipinski definition) is 1. The van der Waals surface area contributed by atoms with Crippen LogP contribution in [-0.4, -0.2) is 28.5 Å². The van der Waals surface area contributed by atoms with Crippen molar-refractivity contribution < 1.29 is 9.18 Å². The van der Waals surface area contributed by atoms with Gasteiger partial charge in [-0.3, -0.25) is 4.79 Å². The Kier molecular flexibility index (Phi) is 4.56. The van der Waals surface area contributed by atoms with Gasteiger partial charge in [0.25, 0.3) is 0 Å². The van der Waals surface area contributed by atoms with Gasteiger partial charge in [0.1, 0.15) is 11.5 Å². The highest BCUT2D eigenvalue weighted by molar-refractivity contribution is 5.94. The van der Waals surface area contributed by atoms with Gasteiger partial charge in [0.05, 0.1) is 23.0 Å². The highest BCUT2D eigenvalue weighted by atomic mass is 19.1. The van der Waals surface area contributed by atoms with Gasteiger partial charge in [0.15, 0.2) is 0 Å². The predicted octanol–water partition coefficient (Wildman–Crippen LogP) is 3.80. The van der Waals surface area contributed by atoms with Crippen molar-refractivity contribution in [2.45, 2.75) is 25.8 Å². The third kappa shape index (κ3) is 3.27. The number of aryl methyl sites for hydroxylation is 1. The summed E-state index contributed by atoms with van der Waals surface area (Å²) >= 11 is 0. The topological polar surface area (TPSA) is 50.2 Å². The summed E-state index contributed by atoms with van der Waals surface area (Å²) in [6.07, 6.45) is 4.18. The molecular formula is C20H21FN4O. The summed E-state index contributed by atoms with van der Waals surface area (Å²) in [7, 11) is 0. The number of imidazole rings is 1. The predicted molar refractivity (Wildman–Crippen MR) is 101 cm³/mol. The third-order valence-electron chi connectivity index (χ3n) is 4.81. The van der Waals surface area contributed by atoms with Crippen molar-refractivity contribution in [3.8, 4) is 0 Å². The van der Waals surface area contributed by atoms with Crippen LogP contribution in [0.5, 0.6) is 0 Å². The van der Waals surface area contributed by atoms with E-state index in [1.165, 1.54) is 6.07 Å². The molecule has 1 aliphatic heterocycles. The zero-order chi connectivity index (χ0) is 17.9. The fraction of sp³-hybridized carbons (Fsp3) is 0.300. The van der Waals surface area contributed by atoms with E-state index in [1.54, 1.807) is 12.4 Å². The quantitative estimate of drug-likeness (QED) is 0.760. The molecule has 0 bridgehead atoms. The Balaban J connectivity index is 1.47. The maximum atomic E-state index is 14.3. The molecule has 1 amide bonds. The lowest BCUT2D eigenvalue weighted by molar-refractivity contribution is -0.116. The van der Waals surface area contributed by atoms with Crippen molar-refractivity contribution in [3.63, 3.8) is 0 Å². The Morgan fingerprint density at radius 2 is 1.92 bits per heavy atom. The van der Waals surface area contributed by atoms with Crippen LogP contribution in [-0.2, 0) is 11.3 Å². The monoisotopic (exact) mass is 352 g/mol. The molecule has 0 unspecified atom stereocenters. The van der Waals surface area contributed by atoms with Gasteiger partial charge in [-0.25, -0.2) is 9.37 Å². The van der Waals surface area contributed by atoms with Crippen molar-refractivity contribution in [2.24, 2.45) is 0 Å². The Morgan fingerprint density at radius 1 is 1.12 bits per heavy atom. The van der Waals surface area contributed by atoms with Gasteiger partial charge in [-0.2, -0.15) is 0 Å². The minimum absolute atomic E-state index is 0.201. The summed E-state index contributed by atoms with van der Waals surface area (Å²) < 4.78 is 16.3. The van der Waals surface area contributed by atoms with Crippen LogP contribution in [0.25, 0.3) is 11.0 Å². The molecule has 0 spiro atoms. The first-order valence-corrected chi connectivity index (χ1v) is 8.95. The Bertz CT molecular complexity index is 930. The van der Waals surface area contributed by atoms with Gasteiger partial charge in [0.2, 0.25) is 5.91 Å². The molecule has 0 aliphatic carbocycles. The summed E-state index contributed by atoms with van der Waals surface area (Å²) in [5, 5.41) is 2.78. The normalized spacial score (nSPS) is 14.1. The molecule has 2 heterocycles. The SMILES string of the molecule is O=C(CCn1cnc2ccccc21)Nc1c(F)cccc1N1CCCC1. The molecule has 2 aromatic carbocycles. The smallest absolute Gasteiger partial charge is 0.226 e. The van der Waals surface area contributed by atoms with Crippen LogP contribution in [0.2, 0.25) is 0 Å². The van der Waals surface area contributed by atoms with E-state index in [0.29, 0.717) is 6.54 Å². The maximum Gasteiger partial charge on any atom is 0.226 e. The Morgan fingerprint density at radius 3 is 2.77 bits per heavy atom. The number of nitrogens with zero attached hydrogens (tertiary/aromatic N) is 3. The van der Waals surface area contributed by atoms with Crippen LogP contribution in [0.3, 0.4) is 0 Å². The van der Waals surface area contributed by atoms with Gasteiger partial charge in [0, 0.05) is 26.1 Å². The molecule has 1 N–H and O–H groups in total. The number of rotatable bonds is 5. The molecule has 26 heavy (non-hydrogen) atoms. The van der Waals surface area contributed by atoms with E-state index < -0.39 is 5.82 Å². The third-order valence-corrected chi connectivity index (χ3v) is 4.81. The molecule has 4 rings (SSSR count). The van der Waals surface area contributed by atoms with E-state index in [2.05, 4.69) is 15.2 Å². The number of amides is 1. The lowest BCUT2D eigenvalue weighted by Crippen LogP contribution is -2.22. The molecule has 1 aromatic heterocycles. The molecule has 0 atom stereocenters. The Labute approximate surface area is 151 Å². The first-order chi connectivity index (χ1) is 12.7. The van der Waals surface area contributed by atoms with Gasteiger partial charge >= 0.3 is 0 Å². The van der Waals surface area contributed by atoms with Gasteiger partial charge in [-0.15, -0.1) is 0 Å². The number of para-hydroxylation sites is 3. The molecule has 1 saturated heterocycles. The highest BCUT2D eigenvalue weighted by Crippen LogP contribution is 2.31. The van der Waals surface area contributed by atoms with Crippen molar-refractivity contribution in [3.05, 3.63) is 54.6 Å². The van der Waals surface area contributed by atoms with E-state index in [0.717, 1.165) is 42.7 Å². The first kappa shape index (κ1) is 16.6. The second-order valence-electron chi connectivity index (χ2n) is 6.55. The average molecular weight is 352 g/mol. The van der Waals surface area contributed by atoms with Crippen LogP contribution in [0.4, 0.5) is 15.8 Å². The molecule has 6 heteroatoms. The molecule has 3 aromatic rings. The van der Waals surface area contributed by atoms with Crippen LogP contribution in [0, 0.1) is 5.82 Å². The van der Waals surface area contributed by atoms with E-state index >= 15 is 0 Å². The second-order valence-corrected chi connectivity index (χ2v) is 6.55. The fourth-order valence-corrected chi connectivity index (χ4v) is 3.47. The number of benzene rings is 2. The Hall–Kier alpha value is -2.89. The standard InChI is InChI=1S/C20H21FN4O/c21-15-6-5-9-18(24-11-3-4-12-24)20(15)23-19(26)10-13-25-14-22-16-7-1-2-8-17(16)25/h1-2,5-9,14H,3-4,10-13H2,(H,23,26). The zero-order valence-corrected chi connectivity index (χ0v) is 14.5. The number of nitrogens with one attached hydrogen (secondary N) is 1. The van der Waals surface area contributed by atoms with Gasteiger partial charge in [-0.05, 0) is 37.1 Å². The summed E-state index contributed by atoms with van der Waals surface area (Å²) in [4.78, 5) is 18.9. The van der Waals surface area contributed by atoms with Crippen molar-refractivity contribution >= 4 is 28.3 Å². The molecule has 1 aliphatic rings. The number of fused-ring (bicyclic) bond motifs is 1. The van der Waals surface area contributed by atoms with E-state index in [-0.39, 0.29) is 18.0 Å². The lowest BCUT2D eigenvalue weighted by Gasteiger charge is -2.22. The number of halogens is 1. The second kappa shape index (κ2) is 7.15. The van der Waals surface area contributed by atoms with Gasteiger partial charge in [-0.1, -0.05) is 18.2 Å². The summed E-state index contributed by atoms with van der Waals surface area (Å²) in [6.45, 7) is 2.29. The van der Waals surface area contributed by atoms with Crippen LogP contribution >= 0.6 is 0 Å². The van der Waals surface area contributed by atoms with Crippen LogP contribution < -0.4 is 10.2 Å². The minimum Gasteiger partial charge on any atom is -0.370 e. The number of carbonyl (C=O) groups is 1.